The molecule has 138 valence electrons. The molecule has 1 amide bonds. The quantitative estimate of drug-likeness (QED) is 0.564. The van der Waals surface area contributed by atoms with E-state index in [1.165, 1.54) is 12.1 Å². The number of hydrogen-bond acceptors (Lipinski definition) is 4. The zero-order valence-corrected chi connectivity index (χ0v) is 15.1. The van der Waals surface area contributed by atoms with E-state index in [0.29, 0.717) is 0 Å². The molecule has 0 bridgehead atoms. The Kier molecular flexibility index (Phi) is 6.33. The van der Waals surface area contributed by atoms with Gasteiger partial charge in [0.2, 0.25) is 0 Å². The van der Waals surface area contributed by atoms with Gasteiger partial charge in [0.25, 0.3) is 5.69 Å². The van der Waals surface area contributed by atoms with Crippen LogP contribution in [0.1, 0.15) is 31.4 Å². The molecule has 2 rings (SSSR count). The predicted octanol–water partition coefficient (Wildman–Crippen LogP) is 4.26. The van der Waals surface area contributed by atoms with Crippen LogP contribution < -0.4 is 5.73 Å². The van der Waals surface area contributed by atoms with E-state index in [9.17, 15) is 14.9 Å². The van der Waals surface area contributed by atoms with Crippen LogP contribution in [0.25, 0.3) is 0 Å². The highest BCUT2D eigenvalue weighted by atomic mass is 16.6. The van der Waals surface area contributed by atoms with Crippen LogP contribution >= 0.6 is 0 Å². The lowest BCUT2D eigenvalue weighted by atomic mass is 9.81. The summed E-state index contributed by atoms with van der Waals surface area (Å²) < 4.78 is 5.36. The molecule has 6 heteroatoms. The molecule has 6 nitrogen and oxygen atoms in total. The Bertz CT molecular complexity index is 742. The number of carbonyl (C=O) groups is 1. The molecule has 1 unspecified atom stereocenters. The Morgan fingerprint density at radius 3 is 2.27 bits per heavy atom. The van der Waals surface area contributed by atoms with Crippen molar-refractivity contribution in [2.75, 3.05) is 0 Å². The number of amides is 1. The normalized spacial score (nSPS) is 12.4. The summed E-state index contributed by atoms with van der Waals surface area (Å²) in [5, 5.41) is 10.8. The summed E-state index contributed by atoms with van der Waals surface area (Å²) in [6.07, 6.45) is 1.44. The third kappa shape index (κ3) is 5.58. The van der Waals surface area contributed by atoms with Crippen LogP contribution in [0.3, 0.4) is 0 Å². The SMILES string of the molecule is CC(C)(OC(N)=O)C(CCc1ccc([N+](=O)[O-])cc1)Cc1ccccc1. The second-order valence-corrected chi connectivity index (χ2v) is 6.87. The summed E-state index contributed by atoms with van der Waals surface area (Å²) in [5.41, 5.74) is 6.75. The molecular weight excluding hydrogens is 332 g/mol. The van der Waals surface area contributed by atoms with Crippen molar-refractivity contribution in [2.24, 2.45) is 11.7 Å². The van der Waals surface area contributed by atoms with Crippen molar-refractivity contribution >= 4 is 11.8 Å². The van der Waals surface area contributed by atoms with Gasteiger partial charge in [0.1, 0.15) is 5.60 Å². The van der Waals surface area contributed by atoms with E-state index < -0.39 is 16.6 Å². The number of primary amides is 1. The minimum atomic E-state index is -0.789. The number of rotatable bonds is 8. The third-order valence-electron chi connectivity index (χ3n) is 4.60. The first kappa shape index (κ1) is 19.4. The first-order valence-corrected chi connectivity index (χ1v) is 8.53. The summed E-state index contributed by atoms with van der Waals surface area (Å²) in [4.78, 5) is 21.6. The Morgan fingerprint density at radius 1 is 1.12 bits per heavy atom. The molecule has 1 atom stereocenters. The third-order valence-corrected chi connectivity index (χ3v) is 4.60. The van der Waals surface area contributed by atoms with Crippen molar-refractivity contribution in [1.82, 2.24) is 0 Å². The van der Waals surface area contributed by atoms with Gasteiger partial charge in [0.15, 0.2) is 0 Å². The molecule has 0 radical (unpaired) electrons. The van der Waals surface area contributed by atoms with Gasteiger partial charge >= 0.3 is 6.09 Å². The van der Waals surface area contributed by atoms with Gasteiger partial charge in [-0.25, -0.2) is 4.79 Å². The fourth-order valence-corrected chi connectivity index (χ4v) is 3.06. The molecule has 0 heterocycles. The molecule has 0 aliphatic rings. The number of non-ortho nitro benzene ring substituents is 1. The standard InChI is InChI=1S/C20H24N2O4/c1-20(2,26-19(21)23)17(14-16-6-4-3-5-7-16)11-8-15-9-12-18(13-10-15)22(24)25/h3-7,9-10,12-13,17H,8,11,14H2,1-2H3,(H2,21,23). The van der Waals surface area contributed by atoms with Crippen LogP contribution in [0, 0.1) is 16.0 Å². The van der Waals surface area contributed by atoms with E-state index in [1.54, 1.807) is 12.1 Å². The van der Waals surface area contributed by atoms with Crippen LogP contribution in [-0.4, -0.2) is 16.6 Å². The van der Waals surface area contributed by atoms with Crippen LogP contribution in [0.4, 0.5) is 10.5 Å². The number of hydrogen-bond donors (Lipinski definition) is 1. The fraction of sp³-hybridized carbons (Fsp3) is 0.350. The highest BCUT2D eigenvalue weighted by molar-refractivity contribution is 5.65. The van der Waals surface area contributed by atoms with Gasteiger partial charge in [0.05, 0.1) is 4.92 Å². The second kappa shape index (κ2) is 8.47. The van der Waals surface area contributed by atoms with Gasteiger partial charge in [-0.1, -0.05) is 42.5 Å². The number of carbonyl (C=O) groups excluding carboxylic acids is 1. The molecule has 0 saturated heterocycles. The topological polar surface area (TPSA) is 95.5 Å². The molecule has 0 fully saturated rings. The van der Waals surface area contributed by atoms with Gasteiger partial charge in [-0.15, -0.1) is 0 Å². The zero-order chi connectivity index (χ0) is 19.2. The molecule has 2 N–H and O–H groups in total. The van der Waals surface area contributed by atoms with Crippen molar-refractivity contribution < 1.29 is 14.5 Å². The molecule has 0 aromatic heterocycles. The van der Waals surface area contributed by atoms with Gasteiger partial charge in [0, 0.05) is 18.1 Å². The Hall–Kier alpha value is -2.89. The van der Waals surface area contributed by atoms with Gasteiger partial charge in [-0.3, -0.25) is 10.1 Å². The minimum absolute atomic E-state index is 0.0487. The predicted molar refractivity (Wildman–Crippen MR) is 99.8 cm³/mol. The average Bonchev–Trinajstić information content (AvgIpc) is 2.58. The Morgan fingerprint density at radius 2 is 1.73 bits per heavy atom. The number of nitrogens with zero attached hydrogens (tertiary/aromatic N) is 1. The van der Waals surface area contributed by atoms with E-state index in [1.807, 2.05) is 44.2 Å². The summed E-state index contributed by atoms with van der Waals surface area (Å²) in [5.74, 6) is 0.0487. The maximum Gasteiger partial charge on any atom is 0.405 e. The summed E-state index contributed by atoms with van der Waals surface area (Å²) in [7, 11) is 0. The van der Waals surface area contributed by atoms with Gasteiger partial charge < -0.3 is 10.5 Å². The van der Waals surface area contributed by atoms with Crippen molar-refractivity contribution in [3.63, 3.8) is 0 Å². The number of nitro benzene ring substituents is 1. The van der Waals surface area contributed by atoms with Crippen LogP contribution in [0.15, 0.2) is 54.6 Å². The minimum Gasteiger partial charge on any atom is -0.443 e. The zero-order valence-electron chi connectivity index (χ0n) is 15.1. The monoisotopic (exact) mass is 356 g/mol. The number of nitrogens with two attached hydrogens (primary N) is 1. The fourth-order valence-electron chi connectivity index (χ4n) is 3.06. The summed E-state index contributed by atoms with van der Waals surface area (Å²) >= 11 is 0. The van der Waals surface area contributed by atoms with E-state index in [0.717, 1.165) is 30.4 Å². The molecule has 0 saturated carbocycles. The lowest BCUT2D eigenvalue weighted by molar-refractivity contribution is -0.384. The lowest BCUT2D eigenvalue weighted by Gasteiger charge is -2.33. The van der Waals surface area contributed by atoms with Crippen LogP contribution in [0.5, 0.6) is 0 Å². The number of aryl methyl sites for hydroxylation is 1. The van der Waals surface area contributed by atoms with E-state index in [4.69, 9.17) is 10.5 Å². The van der Waals surface area contributed by atoms with E-state index in [-0.39, 0.29) is 11.6 Å². The van der Waals surface area contributed by atoms with Crippen molar-refractivity contribution in [3.8, 4) is 0 Å². The smallest absolute Gasteiger partial charge is 0.405 e. The highest BCUT2D eigenvalue weighted by Gasteiger charge is 2.32. The maximum atomic E-state index is 11.3. The summed E-state index contributed by atoms with van der Waals surface area (Å²) in [6, 6.07) is 16.5. The van der Waals surface area contributed by atoms with Crippen LogP contribution in [0.2, 0.25) is 0 Å². The van der Waals surface area contributed by atoms with E-state index in [2.05, 4.69) is 0 Å². The molecule has 2 aromatic carbocycles. The van der Waals surface area contributed by atoms with Crippen LogP contribution in [-0.2, 0) is 17.6 Å². The number of nitro groups is 1. The van der Waals surface area contributed by atoms with Crippen molar-refractivity contribution in [2.45, 2.75) is 38.7 Å². The van der Waals surface area contributed by atoms with Gasteiger partial charge in [-0.2, -0.15) is 0 Å². The average molecular weight is 356 g/mol. The number of ether oxygens (including phenoxy) is 1. The highest BCUT2D eigenvalue weighted by Crippen LogP contribution is 2.30. The molecule has 0 spiro atoms. The first-order chi connectivity index (χ1) is 12.3. The van der Waals surface area contributed by atoms with Gasteiger partial charge in [-0.05, 0) is 44.2 Å². The molecule has 0 aliphatic carbocycles. The largest absolute Gasteiger partial charge is 0.443 e. The Balaban J connectivity index is 2.12. The molecule has 2 aromatic rings. The second-order valence-electron chi connectivity index (χ2n) is 6.87. The lowest BCUT2D eigenvalue weighted by Crippen LogP contribution is -2.40. The molecule has 0 aliphatic heterocycles. The maximum absolute atomic E-state index is 11.3. The van der Waals surface area contributed by atoms with Crippen molar-refractivity contribution in [1.29, 1.82) is 0 Å². The van der Waals surface area contributed by atoms with Crippen molar-refractivity contribution in [3.05, 3.63) is 75.8 Å². The Labute approximate surface area is 153 Å². The van der Waals surface area contributed by atoms with E-state index >= 15 is 0 Å². The first-order valence-electron chi connectivity index (χ1n) is 8.53. The summed E-state index contributed by atoms with van der Waals surface area (Å²) in [6.45, 7) is 3.72. The molecule has 26 heavy (non-hydrogen) atoms. The number of benzene rings is 2. The molecular formula is C20H24N2O4.